The molecule has 0 aromatic heterocycles. The van der Waals surface area contributed by atoms with Crippen LogP contribution in [0, 0.1) is 5.82 Å². The Morgan fingerprint density at radius 1 is 1.32 bits per heavy atom. The normalized spacial score (nSPS) is 15.6. The predicted octanol–water partition coefficient (Wildman–Crippen LogP) is 5.58. The molecule has 0 atom stereocenters. The maximum Gasteiger partial charge on any atom is 0.293 e. The fraction of sp³-hybridized carbons (Fsp3) is 0.158. The molecule has 2 amide bonds. The van der Waals surface area contributed by atoms with Crippen LogP contribution in [0.3, 0.4) is 0 Å². The number of imide groups is 1. The molecule has 9 heteroatoms. The van der Waals surface area contributed by atoms with Crippen molar-refractivity contribution < 1.29 is 23.8 Å². The third-order valence-corrected chi connectivity index (χ3v) is 5.83. The smallest absolute Gasteiger partial charge is 0.293 e. The number of hydrogen-bond donors (Lipinski definition) is 1. The summed E-state index contributed by atoms with van der Waals surface area (Å²) in [7, 11) is 0. The summed E-state index contributed by atoms with van der Waals surface area (Å²) in [6.07, 6.45) is 1.54. The van der Waals surface area contributed by atoms with Crippen LogP contribution < -0.4 is 4.74 Å². The maximum atomic E-state index is 13.2. The van der Waals surface area contributed by atoms with Gasteiger partial charge in [0.1, 0.15) is 5.82 Å². The number of aromatic hydroxyl groups is 1. The molecule has 28 heavy (non-hydrogen) atoms. The highest BCUT2D eigenvalue weighted by Crippen LogP contribution is 2.38. The zero-order valence-electron chi connectivity index (χ0n) is 14.5. The minimum absolute atomic E-state index is 0.0371. The van der Waals surface area contributed by atoms with Gasteiger partial charge in [-0.2, -0.15) is 0 Å². The van der Waals surface area contributed by atoms with E-state index in [-0.39, 0.29) is 28.0 Å². The minimum Gasteiger partial charge on any atom is -0.504 e. The van der Waals surface area contributed by atoms with Gasteiger partial charge in [-0.15, -0.1) is 0 Å². The SMILES string of the molecule is CCOc1cc(/C=C2/SC(=O)N(Cc3ccc(F)cc3Cl)C2=O)c(Br)cc1O. The fourth-order valence-electron chi connectivity index (χ4n) is 2.54. The molecule has 1 aliphatic heterocycles. The first-order valence-electron chi connectivity index (χ1n) is 8.14. The standard InChI is InChI=1S/C19H14BrClFNO4S/c1-2-27-16-5-11(13(20)8-15(16)24)6-17-18(25)23(19(26)28-17)9-10-3-4-12(22)7-14(10)21/h3-8,24H,2,9H2,1H3/b17-6+. The van der Waals surface area contributed by atoms with E-state index >= 15 is 0 Å². The van der Waals surface area contributed by atoms with E-state index in [0.29, 0.717) is 22.2 Å². The van der Waals surface area contributed by atoms with E-state index < -0.39 is 17.0 Å². The van der Waals surface area contributed by atoms with Crippen molar-refractivity contribution in [2.24, 2.45) is 0 Å². The van der Waals surface area contributed by atoms with Gasteiger partial charge in [0.15, 0.2) is 11.5 Å². The summed E-state index contributed by atoms with van der Waals surface area (Å²) in [5.41, 5.74) is 1.04. The van der Waals surface area contributed by atoms with Crippen LogP contribution in [0.1, 0.15) is 18.1 Å². The number of rotatable bonds is 5. The molecule has 0 saturated carbocycles. The Balaban J connectivity index is 1.88. The number of halogens is 3. The van der Waals surface area contributed by atoms with Crippen molar-refractivity contribution in [1.29, 1.82) is 0 Å². The molecule has 0 aliphatic carbocycles. The van der Waals surface area contributed by atoms with Crippen LogP contribution in [0.25, 0.3) is 6.08 Å². The van der Waals surface area contributed by atoms with Crippen LogP contribution in [0.2, 0.25) is 5.02 Å². The van der Waals surface area contributed by atoms with Gasteiger partial charge >= 0.3 is 0 Å². The Bertz CT molecular complexity index is 998. The quantitative estimate of drug-likeness (QED) is 0.559. The first-order valence-corrected chi connectivity index (χ1v) is 10.1. The fourth-order valence-corrected chi connectivity index (χ4v) is 4.04. The molecule has 1 aliphatic rings. The van der Waals surface area contributed by atoms with Crippen LogP contribution >= 0.6 is 39.3 Å². The lowest BCUT2D eigenvalue weighted by Gasteiger charge is -2.13. The number of thioether (sulfide) groups is 1. The Labute approximate surface area is 178 Å². The van der Waals surface area contributed by atoms with Gasteiger partial charge in [-0.3, -0.25) is 14.5 Å². The number of nitrogens with zero attached hydrogens (tertiary/aromatic N) is 1. The van der Waals surface area contributed by atoms with Crippen LogP contribution in [-0.4, -0.2) is 27.8 Å². The second-order valence-corrected chi connectivity index (χ2v) is 8.03. The van der Waals surface area contributed by atoms with Gasteiger partial charge in [0.2, 0.25) is 0 Å². The van der Waals surface area contributed by atoms with Crippen molar-refractivity contribution in [3.63, 3.8) is 0 Å². The van der Waals surface area contributed by atoms with Crippen molar-refractivity contribution in [2.75, 3.05) is 6.61 Å². The molecule has 1 heterocycles. The van der Waals surface area contributed by atoms with E-state index in [4.69, 9.17) is 16.3 Å². The van der Waals surface area contributed by atoms with Crippen molar-refractivity contribution >= 4 is 56.5 Å². The number of amides is 2. The average molecular weight is 487 g/mol. The summed E-state index contributed by atoms with van der Waals surface area (Å²) in [6, 6.07) is 6.83. The van der Waals surface area contributed by atoms with Gasteiger partial charge in [-0.05, 0) is 60.2 Å². The second kappa shape index (κ2) is 8.55. The molecule has 0 spiro atoms. The van der Waals surface area contributed by atoms with E-state index in [9.17, 15) is 19.1 Å². The Hall–Kier alpha value is -2.03. The van der Waals surface area contributed by atoms with Crippen LogP contribution in [0.15, 0.2) is 39.7 Å². The van der Waals surface area contributed by atoms with Gasteiger partial charge in [-0.1, -0.05) is 33.6 Å². The summed E-state index contributed by atoms with van der Waals surface area (Å²) >= 11 is 10.1. The highest BCUT2D eigenvalue weighted by Gasteiger charge is 2.35. The van der Waals surface area contributed by atoms with Gasteiger partial charge < -0.3 is 9.84 Å². The van der Waals surface area contributed by atoms with E-state index in [2.05, 4.69) is 15.9 Å². The summed E-state index contributed by atoms with van der Waals surface area (Å²) in [5, 5.41) is 9.60. The topological polar surface area (TPSA) is 66.8 Å². The van der Waals surface area contributed by atoms with Gasteiger partial charge in [0.05, 0.1) is 18.1 Å². The third kappa shape index (κ3) is 4.34. The molecular formula is C19H14BrClFNO4S. The van der Waals surface area contributed by atoms with E-state index in [1.54, 1.807) is 19.1 Å². The molecule has 2 aromatic rings. The molecule has 0 bridgehead atoms. The first-order chi connectivity index (χ1) is 13.3. The molecular weight excluding hydrogens is 473 g/mol. The summed E-state index contributed by atoms with van der Waals surface area (Å²) in [4.78, 5) is 26.3. The number of carbonyl (C=O) groups is 2. The van der Waals surface area contributed by atoms with Gasteiger partial charge in [-0.25, -0.2) is 4.39 Å². The average Bonchev–Trinajstić information content (AvgIpc) is 2.88. The molecule has 0 unspecified atom stereocenters. The summed E-state index contributed by atoms with van der Waals surface area (Å²) < 4.78 is 19.1. The molecule has 1 saturated heterocycles. The largest absolute Gasteiger partial charge is 0.504 e. The zero-order valence-corrected chi connectivity index (χ0v) is 17.7. The molecule has 1 N–H and O–H groups in total. The van der Waals surface area contributed by atoms with Crippen molar-refractivity contribution in [3.8, 4) is 11.5 Å². The molecule has 146 valence electrons. The Kier molecular flexibility index (Phi) is 6.32. The lowest BCUT2D eigenvalue weighted by Crippen LogP contribution is -2.27. The molecule has 3 rings (SSSR count). The Morgan fingerprint density at radius 3 is 2.75 bits per heavy atom. The molecule has 2 aromatic carbocycles. The predicted molar refractivity (Wildman–Crippen MR) is 110 cm³/mol. The van der Waals surface area contributed by atoms with Crippen molar-refractivity contribution in [3.05, 3.63) is 61.7 Å². The third-order valence-electron chi connectivity index (χ3n) is 3.88. The van der Waals surface area contributed by atoms with E-state index in [1.807, 2.05) is 0 Å². The van der Waals surface area contributed by atoms with Crippen molar-refractivity contribution in [2.45, 2.75) is 13.5 Å². The van der Waals surface area contributed by atoms with E-state index in [0.717, 1.165) is 22.7 Å². The monoisotopic (exact) mass is 485 g/mol. The number of benzene rings is 2. The lowest BCUT2D eigenvalue weighted by molar-refractivity contribution is -0.123. The van der Waals surface area contributed by atoms with E-state index in [1.165, 1.54) is 18.2 Å². The summed E-state index contributed by atoms with van der Waals surface area (Å²) in [6.45, 7) is 2.10. The molecule has 5 nitrogen and oxygen atoms in total. The van der Waals surface area contributed by atoms with Gasteiger partial charge in [0, 0.05) is 9.50 Å². The number of ether oxygens (including phenoxy) is 1. The number of hydrogen-bond acceptors (Lipinski definition) is 5. The lowest BCUT2D eigenvalue weighted by atomic mass is 10.1. The Morgan fingerprint density at radius 2 is 2.07 bits per heavy atom. The first kappa shape index (κ1) is 20.7. The van der Waals surface area contributed by atoms with Gasteiger partial charge in [0.25, 0.3) is 11.1 Å². The highest BCUT2D eigenvalue weighted by atomic mass is 79.9. The number of phenolic OH excluding ortho intramolecular Hbond substituents is 1. The second-order valence-electron chi connectivity index (χ2n) is 5.78. The molecule has 1 fully saturated rings. The van der Waals surface area contributed by atoms with Crippen LogP contribution in [0.4, 0.5) is 9.18 Å². The molecule has 0 radical (unpaired) electrons. The zero-order chi connectivity index (χ0) is 20.4. The maximum absolute atomic E-state index is 13.2. The highest BCUT2D eigenvalue weighted by molar-refractivity contribution is 9.10. The number of phenols is 1. The number of carbonyl (C=O) groups excluding carboxylic acids is 2. The van der Waals surface area contributed by atoms with Crippen LogP contribution in [-0.2, 0) is 11.3 Å². The van der Waals surface area contributed by atoms with Crippen molar-refractivity contribution in [1.82, 2.24) is 4.90 Å². The summed E-state index contributed by atoms with van der Waals surface area (Å²) in [5.74, 6) is -0.738. The minimum atomic E-state index is -0.495. The van der Waals surface area contributed by atoms with Crippen LogP contribution in [0.5, 0.6) is 11.5 Å².